The Bertz CT molecular complexity index is 1320. The second kappa shape index (κ2) is 11.6. The molecule has 206 valence electrons. The number of methoxy groups -OCH3 is 2. The molecule has 38 heavy (non-hydrogen) atoms. The quantitative estimate of drug-likeness (QED) is 0.380. The number of hydrogen-bond acceptors (Lipinski definition) is 10. The van der Waals surface area contributed by atoms with Crippen molar-refractivity contribution in [3.63, 3.8) is 0 Å². The first-order valence-corrected chi connectivity index (χ1v) is 13.9. The zero-order valence-corrected chi connectivity index (χ0v) is 23.2. The highest BCUT2D eigenvalue weighted by Gasteiger charge is 2.37. The van der Waals surface area contributed by atoms with Crippen molar-refractivity contribution in [3.8, 4) is 17.2 Å². The van der Waals surface area contributed by atoms with Gasteiger partial charge in [0.25, 0.3) is 0 Å². The van der Waals surface area contributed by atoms with Crippen molar-refractivity contribution < 1.29 is 27.4 Å². The highest BCUT2D eigenvalue weighted by molar-refractivity contribution is 7.93. The van der Waals surface area contributed by atoms with Crippen LogP contribution in [0.2, 0.25) is 0 Å². The number of para-hydroxylation sites is 1. The zero-order valence-electron chi connectivity index (χ0n) is 22.4. The van der Waals surface area contributed by atoms with E-state index in [2.05, 4.69) is 24.9 Å². The van der Waals surface area contributed by atoms with Gasteiger partial charge in [0, 0.05) is 19.0 Å². The van der Waals surface area contributed by atoms with Crippen molar-refractivity contribution in [2.75, 3.05) is 25.5 Å². The number of aryl methyl sites for hydroxylation is 1. The van der Waals surface area contributed by atoms with Gasteiger partial charge in [-0.05, 0) is 58.2 Å². The van der Waals surface area contributed by atoms with Crippen LogP contribution >= 0.6 is 0 Å². The van der Waals surface area contributed by atoms with E-state index in [1.54, 1.807) is 42.1 Å². The summed E-state index contributed by atoms with van der Waals surface area (Å²) in [7, 11) is -1.05. The molecule has 1 saturated heterocycles. The predicted molar refractivity (Wildman–Crippen MR) is 140 cm³/mol. The Morgan fingerprint density at radius 1 is 1.08 bits per heavy atom. The van der Waals surface area contributed by atoms with E-state index in [-0.39, 0.29) is 24.0 Å². The molecule has 0 amide bonds. The van der Waals surface area contributed by atoms with Crippen LogP contribution in [0.25, 0.3) is 5.69 Å². The third-order valence-electron chi connectivity index (χ3n) is 6.15. The molecule has 0 saturated carbocycles. The Hall–Kier alpha value is -3.29. The molecule has 2 aromatic heterocycles. The van der Waals surface area contributed by atoms with E-state index in [4.69, 9.17) is 18.9 Å². The lowest BCUT2D eigenvalue weighted by molar-refractivity contribution is 0.00152. The maximum Gasteiger partial charge on any atom is 0.243 e. The molecule has 1 fully saturated rings. The molecule has 1 aliphatic heterocycles. The Morgan fingerprint density at radius 3 is 2.29 bits per heavy atom. The fourth-order valence-electron chi connectivity index (χ4n) is 4.23. The van der Waals surface area contributed by atoms with Gasteiger partial charge < -0.3 is 18.9 Å². The van der Waals surface area contributed by atoms with E-state index in [1.807, 2.05) is 20.8 Å². The summed E-state index contributed by atoms with van der Waals surface area (Å²) in [5.41, 5.74) is 1.31. The lowest BCUT2D eigenvalue weighted by atomic mass is 10.2. The molecule has 2 unspecified atom stereocenters. The molecule has 1 aromatic carbocycles. The molecule has 0 aliphatic carbocycles. The topological polar surface area (TPSA) is 140 Å². The third-order valence-corrected chi connectivity index (χ3v) is 7.85. The summed E-state index contributed by atoms with van der Waals surface area (Å²) < 4.78 is 54.8. The monoisotopic (exact) mass is 546 g/mol. The number of aromatic nitrogens is 5. The van der Waals surface area contributed by atoms with E-state index < -0.39 is 21.4 Å². The predicted octanol–water partition coefficient (Wildman–Crippen LogP) is 3.53. The summed E-state index contributed by atoms with van der Waals surface area (Å²) in [5.74, 6) is 1.58. The number of nitrogens with one attached hydrogen (secondary N) is 1. The van der Waals surface area contributed by atoms with Crippen LogP contribution in [0.15, 0.2) is 30.6 Å². The second-order valence-corrected chi connectivity index (χ2v) is 11.3. The number of sulfonamides is 1. The van der Waals surface area contributed by atoms with Crippen LogP contribution in [0, 0.1) is 6.92 Å². The van der Waals surface area contributed by atoms with Crippen molar-refractivity contribution in [2.45, 2.75) is 64.1 Å². The standard InChI is InChI=1S/C25H34N6O6S/c1-15(2)37-22(23-26-13-16(3)14-27-23)17(4)38(32,33)30-25-29-28-24(20-11-8-12-36-20)31(25)21-18(34-5)9-7-10-19(21)35-6/h7,9-10,13-15,17,20,22H,8,11-12H2,1-6H3,(H,29,30)/t17?,20-,22?/m0/s1. The van der Waals surface area contributed by atoms with Gasteiger partial charge in [-0.25, -0.2) is 18.4 Å². The highest BCUT2D eigenvalue weighted by atomic mass is 32.2. The minimum atomic E-state index is -4.10. The molecule has 0 spiro atoms. The minimum absolute atomic E-state index is 0.0294. The Morgan fingerprint density at radius 2 is 1.74 bits per heavy atom. The number of ether oxygens (including phenoxy) is 4. The summed E-state index contributed by atoms with van der Waals surface area (Å²) in [4.78, 5) is 8.66. The van der Waals surface area contributed by atoms with Crippen molar-refractivity contribution in [1.82, 2.24) is 24.7 Å². The van der Waals surface area contributed by atoms with Crippen molar-refractivity contribution >= 4 is 16.0 Å². The first-order chi connectivity index (χ1) is 18.2. The van der Waals surface area contributed by atoms with Gasteiger partial charge in [-0.2, -0.15) is 0 Å². The van der Waals surface area contributed by atoms with Gasteiger partial charge in [0.1, 0.15) is 34.6 Å². The van der Waals surface area contributed by atoms with Crippen LogP contribution in [0.4, 0.5) is 5.95 Å². The van der Waals surface area contributed by atoms with Crippen molar-refractivity contribution in [2.24, 2.45) is 0 Å². The van der Waals surface area contributed by atoms with Crippen LogP contribution in [-0.4, -0.2) is 65.3 Å². The normalized spacial score (nSPS) is 17.4. The fourth-order valence-corrected chi connectivity index (χ4v) is 5.32. The van der Waals surface area contributed by atoms with E-state index in [0.717, 1.165) is 12.0 Å². The van der Waals surface area contributed by atoms with E-state index in [0.29, 0.717) is 36.0 Å². The van der Waals surface area contributed by atoms with Crippen LogP contribution in [0.1, 0.15) is 63.0 Å². The molecule has 13 heteroatoms. The van der Waals surface area contributed by atoms with Gasteiger partial charge in [-0.3, -0.25) is 9.29 Å². The number of hydrogen-bond donors (Lipinski definition) is 1. The fraction of sp³-hybridized carbons (Fsp3) is 0.520. The maximum absolute atomic E-state index is 13.8. The van der Waals surface area contributed by atoms with Gasteiger partial charge in [0.15, 0.2) is 11.6 Å². The third kappa shape index (κ3) is 5.74. The van der Waals surface area contributed by atoms with E-state index in [1.165, 1.54) is 14.2 Å². The summed E-state index contributed by atoms with van der Waals surface area (Å²) in [6.45, 7) is 7.63. The molecular weight excluding hydrogens is 512 g/mol. The molecule has 3 heterocycles. The van der Waals surface area contributed by atoms with Gasteiger partial charge in [0.05, 0.1) is 20.3 Å². The van der Waals surface area contributed by atoms with Crippen molar-refractivity contribution in [1.29, 1.82) is 0 Å². The molecule has 4 rings (SSSR count). The molecular formula is C25H34N6O6S. The highest BCUT2D eigenvalue weighted by Crippen LogP contribution is 2.39. The Kier molecular flexibility index (Phi) is 8.48. The largest absolute Gasteiger partial charge is 0.494 e. The Balaban J connectivity index is 1.78. The molecule has 1 aliphatic rings. The molecule has 0 radical (unpaired) electrons. The lowest BCUT2D eigenvalue weighted by Crippen LogP contribution is -2.35. The molecule has 1 N–H and O–H groups in total. The SMILES string of the molecule is COc1cccc(OC)c1-n1c(NS(=O)(=O)C(C)C(OC(C)C)c2ncc(C)cn2)nnc1[C@@H]1CCCO1. The van der Waals surface area contributed by atoms with Crippen LogP contribution in [0.3, 0.4) is 0 Å². The van der Waals surface area contributed by atoms with Crippen LogP contribution in [0.5, 0.6) is 11.5 Å². The molecule has 12 nitrogen and oxygen atoms in total. The number of benzene rings is 1. The molecule has 3 atom stereocenters. The van der Waals surface area contributed by atoms with Gasteiger partial charge >= 0.3 is 0 Å². The summed E-state index contributed by atoms with van der Waals surface area (Å²) >= 11 is 0. The van der Waals surface area contributed by atoms with Gasteiger partial charge in [-0.15, -0.1) is 10.2 Å². The lowest BCUT2D eigenvalue weighted by Gasteiger charge is -2.25. The second-order valence-electron chi connectivity index (χ2n) is 9.31. The molecule has 0 bridgehead atoms. The van der Waals surface area contributed by atoms with E-state index in [9.17, 15) is 8.42 Å². The van der Waals surface area contributed by atoms with Gasteiger partial charge in [0.2, 0.25) is 16.0 Å². The Labute approximate surface area is 222 Å². The van der Waals surface area contributed by atoms with Crippen LogP contribution < -0.4 is 14.2 Å². The summed E-state index contributed by atoms with van der Waals surface area (Å²) in [6, 6.07) is 5.27. The van der Waals surface area contributed by atoms with Crippen LogP contribution in [-0.2, 0) is 19.5 Å². The smallest absolute Gasteiger partial charge is 0.243 e. The zero-order chi connectivity index (χ0) is 27.4. The number of nitrogens with zero attached hydrogens (tertiary/aromatic N) is 5. The first-order valence-electron chi connectivity index (χ1n) is 12.4. The number of anilines is 1. The van der Waals surface area contributed by atoms with Gasteiger partial charge in [-0.1, -0.05) is 6.07 Å². The van der Waals surface area contributed by atoms with E-state index >= 15 is 0 Å². The average Bonchev–Trinajstić information content (AvgIpc) is 3.56. The number of rotatable bonds is 11. The minimum Gasteiger partial charge on any atom is -0.494 e. The first kappa shape index (κ1) is 27.7. The maximum atomic E-state index is 13.8. The summed E-state index contributed by atoms with van der Waals surface area (Å²) in [6.07, 6.45) is 3.26. The average molecular weight is 547 g/mol. The molecule has 3 aromatic rings. The van der Waals surface area contributed by atoms with Crippen molar-refractivity contribution in [3.05, 3.63) is 47.8 Å². The summed E-state index contributed by atoms with van der Waals surface area (Å²) in [5, 5.41) is 7.46.